The molecule has 5 heteroatoms. The smallest absolute Gasteiger partial charge is 0.225 e. The van der Waals surface area contributed by atoms with Crippen molar-refractivity contribution in [2.45, 2.75) is 26.8 Å². The third-order valence-corrected chi connectivity index (χ3v) is 3.80. The van der Waals surface area contributed by atoms with E-state index in [1.54, 1.807) is 19.1 Å². The number of nitrogens with zero attached hydrogens (tertiary/aromatic N) is 2. The Morgan fingerprint density at radius 1 is 1.22 bits per heavy atom. The number of amides is 1. The summed E-state index contributed by atoms with van der Waals surface area (Å²) in [6.07, 6.45) is 0.401. The van der Waals surface area contributed by atoms with Crippen molar-refractivity contribution in [1.29, 1.82) is 0 Å². The first-order valence-electron chi connectivity index (χ1n) is 7.59. The minimum atomic E-state index is -0.258. The van der Waals surface area contributed by atoms with Gasteiger partial charge in [-0.15, -0.1) is 0 Å². The molecular formula is C18H18FN3O. The summed E-state index contributed by atoms with van der Waals surface area (Å²) in [5.74, 6) is 0.239. The summed E-state index contributed by atoms with van der Waals surface area (Å²) in [6, 6.07) is 12.3. The molecule has 0 aliphatic heterocycles. The molecule has 1 aromatic heterocycles. The van der Waals surface area contributed by atoms with E-state index in [0.717, 1.165) is 22.0 Å². The van der Waals surface area contributed by atoms with E-state index < -0.39 is 0 Å². The van der Waals surface area contributed by atoms with Crippen molar-refractivity contribution in [1.82, 2.24) is 9.78 Å². The lowest BCUT2D eigenvalue weighted by molar-refractivity contribution is -0.115. The topological polar surface area (TPSA) is 46.9 Å². The molecule has 4 nitrogen and oxygen atoms in total. The maximum absolute atomic E-state index is 13.1. The van der Waals surface area contributed by atoms with Gasteiger partial charge in [0.2, 0.25) is 5.91 Å². The van der Waals surface area contributed by atoms with Crippen molar-refractivity contribution >= 4 is 22.6 Å². The molecule has 0 radical (unpaired) electrons. The highest BCUT2D eigenvalue weighted by atomic mass is 19.1. The number of rotatable bonds is 4. The normalized spacial score (nSPS) is 10.9. The number of hydrogen-bond donors (Lipinski definition) is 1. The van der Waals surface area contributed by atoms with E-state index in [4.69, 9.17) is 0 Å². The fourth-order valence-electron chi connectivity index (χ4n) is 2.61. The van der Waals surface area contributed by atoms with Crippen LogP contribution in [0, 0.1) is 12.7 Å². The van der Waals surface area contributed by atoms with E-state index >= 15 is 0 Å². The molecule has 1 amide bonds. The molecule has 0 unspecified atom stereocenters. The lowest BCUT2D eigenvalue weighted by atomic mass is 10.1. The predicted octanol–water partition coefficient (Wildman–Crippen LogP) is 3.88. The number of carbonyl (C=O) groups is 1. The van der Waals surface area contributed by atoms with Gasteiger partial charge in [-0.3, -0.25) is 9.48 Å². The van der Waals surface area contributed by atoms with Crippen molar-refractivity contribution < 1.29 is 9.18 Å². The molecule has 1 N–H and O–H groups in total. The molecule has 2 aromatic carbocycles. The van der Waals surface area contributed by atoms with Crippen LogP contribution in [0.5, 0.6) is 0 Å². The van der Waals surface area contributed by atoms with Gasteiger partial charge in [0.1, 0.15) is 5.82 Å². The van der Waals surface area contributed by atoms with Gasteiger partial charge in [0.25, 0.3) is 0 Å². The Morgan fingerprint density at radius 3 is 2.65 bits per heavy atom. The summed E-state index contributed by atoms with van der Waals surface area (Å²) < 4.78 is 14.9. The Bertz CT molecular complexity index is 853. The molecule has 0 atom stereocenters. The third kappa shape index (κ3) is 3.08. The van der Waals surface area contributed by atoms with Gasteiger partial charge in [0.05, 0.1) is 12.1 Å². The number of nitrogens with one attached hydrogen (secondary N) is 1. The Kier molecular flexibility index (Phi) is 4.10. The van der Waals surface area contributed by atoms with Crippen LogP contribution in [0.1, 0.15) is 24.5 Å². The molecule has 0 bridgehead atoms. The van der Waals surface area contributed by atoms with Gasteiger partial charge in [-0.25, -0.2) is 4.39 Å². The number of para-hydroxylation sites is 1. The van der Waals surface area contributed by atoms with Crippen molar-refractivity contribution in [2.75, 3.05) is 5.32 Å². The molecule has 0 spiro atoms. The average Bonchev–Trinajstić information content (AvgIpc) is 2.88. The van der Waals surface area contributed by atoms with E-state index in [9.17, 15) is 9.18 Å². The Balaban J connectivity index is 2.05. The number of halogens is 1. The fourth-order valence-corrected chi connectivity index (χ4v) is 2.61. The van der Waals surface area contributed by atoms with Crippen LogP contribution in [0.15, 0.2) is 42.5 Å². The van der Waals surface area contributed by atoms with Crippen LogP contribution >= 0.6 is 0 Å². The molecule has 1 heterocycles. The summed E-state index contributed by atoms with van der Waals surface area (Å²) in [5.41, 5.74) is 3.00. The lowest BCUT2D eigenvalue weighted by Gasteiger charge is -2.05. The van der Waals surface area contributed by atoms with Crippen LogP contribution in [0.2, 0.25) is 0 Å². The number of aromatic nitrogens is 2. The number of anilines is 1. The molecule has 118 valence electrons. The quantitative estimate of drug-likeness (QED) is 0.795. The van der Waals surface area contributed by atoms with Crippen molar-refractivity contribution in [2.24, 2.45) is 0 Å². The van der Waals surface area contributed by atoms with E-state index in [-0.39, 0.29) is 11.7 Å². The lowest BCUT2D eigenvalue weighted by Crippen LogP contribution is -2.11. The third-order valence-electron chi connectivity index (χ3n) is 3.80. The molecule has 23 heavy (non-hydrogen) atoms. The number of fused-ring (bicyclic) bond motifs is 1. The van der Waals surface area contributed by atoms with Gasteiger partial charge < -0.3 is 5.32 Å². The van der Waals surface area contributed by atoms with Crippen molar-refractivity contribution in [3.05, 3.63) is 59.4 Å². The van der Waals surface area contributed by atoms with E-state index in [2.05, 4.69) is 10.4 Å². The first kappa shape index (κ1) is 15.2. The van der Waals surface area contributed by atoms with Gasteiger partial charge >= 0.3 is 0 Å². The minimum absolute atomic E-state index is 0.0696. The number of carbonyl (C=O) groups excluding carboxylic acids is 1. The average molecular weight is 311 g/mol. The summed E-state index contributed by atoms with van der Waals surface area (Å²) >= 11 is 0. The van der Waals surface area contributed by atoms with E-state index in [1.165, 1.54) is 12.1 Å². The summed E-state index contributed by atoms with van der Waals surface area (Å²) in [7, 11) is 0. The molecule has 0 aliphatic carbocycles. The highest BCUT2D eigenvalue weighted by Crippen LogP contribution is 2.26. The number of benzene rings is 2. The second kappa shape index (κ2) is 6.20. The van der Waals surface area contributed by atoms with Gasteiger partial charge in [-0.05, 0) is 36.2 Å². The van der Waals surface area contributed by atoms with Crippen LogP contribution in [-0.4, -0.2) is 15.7 Å². The monoisotopic (exact) mass is 311 g/mol. The van der Waals surface area contributed by atoms with Crippen LogP contribution in [0.25, 0.3) is 10.9 Å². The first-order valence-corrected chi connectivity index (χ1v) is 7.59. The second-order valence-electron chi connectivity index (χ2n) is 5.51. The second-order valence-corrected chi connectivity index (χ2v) is 5.51. The predicted molar refractivity (Wildman–Crippen MR) is 88.9 cm³/mol. The molecule has 0 saturated carbocycles. The van der Waals surface area contributed by atoms with Crippen molar-refractivity contribution in [3.8, 4) is 0 Å². The van der Waals surface area contributed by atoms with Crippen molar-refractivity contribution in [3.63, 3.8) is 0 Å². The highest BCUT2D eigenvalue weighted by molar-refractivity contribution is 6.00. The fraction of sp³-hybridized carbons (Fsp3) is 0.222. The standard InChI is InChI=1S/C18H18FN3O/c1-3-16(23)20-18-15-6-4-5-12(2)17(15)22(21-18)11-13-7-9-14(19)10-8-13/h4-10H,3,11H2,1-2H3,(H,20,21,23). The molecule has 3 rings (SSSR count). The number of aryl methyl sites for hydroxylation is 1. The van der Waals surface area contributed by atoms with E-state index in [1.807, 2.05) is 29.8 Å². The van der Waals surface area contributed by atoms with E-state index in [0.29, 0.717) is 18.8 Å². The molecule has 0 aliphatic rings. The molecule has 0 saturated heterocycles. The van der Waals surface area contributed by atoms with Crippen LogP contribution < -0.4 is 5.32 Å². The molecular weight excluding hydrogens is 293 g/mol. The zero-order valence-electron chi connectivity index (χ0n) is 13.1. The zero-order valence-corrected chi connectivity index (χ0v) is 13.1. The minimum Gasteiger partial charge on any atom is -0.309 e. The van der Waals surface area contributed by atoms with Crippen LogP contribution in [-0.2, 0) is 11.3 Å². The van der Waals surface area contributed by atoms with Gasteiger partial charge in [0.15, 0.2) is 5.82 Å². The number of hydrogen-bond acceptors (Lipinski definition) is 2. The first-order chi connectivity index (χ1) is 11.1. The SMILES string of the molecule is CCC(=O)Nc1nn(Cc2ccc(F)cc2)c2c(C)cccc12. The van der Waals surface area contributed by atoms with Gasteiger partial charge in [-0.1, -0.05) is 31.2 Å². The summed E-state index contributed by atoms with van der Waals surface area (Å²) in [5, 5.41) is 8.30. The Labute approximate surface area is 133 Å². The van der Waals surface area contributed by atoms with Gasteiger partial charge in [0, 0.05) is 11.8 Å². The zero-order chi connectivity index (χ0) is 16.4. The van der Waals surface area contributed by atoms with Crippen LogP contribution in [0.4, 0.5) is 10.2 Å². The van der Waals surface area contributed by atoms with Gasteiger partial charge in [-0.2, -0.15) is 5.10 Å². The maximum Gasteiger partial charge on any atom is 0.225 e. The Morgan fingerprint density at radius 2 is 1.96 bits per heavy atom. The van der Waals surface area contributed by atoms with Crippen LogP contribution in [0.3, 0.4) is 0 Å². The molecule has 3 aromatic rings. The largest absolute Gasteiger partial charge is 0.309 e. The summed E-state index contributed by atoms with van der Waals surface area (Å²) in [4.78, 5) is 11.7. The summed E-state index contributed by atoms with van der Waals surface area (Å²) in [6.45, 7) is 4.33. The molecule has 0 fully saturated rings. The maximum atomic E-state index is 13.1. The highest BCUT2D eigenvalue weighted by Gasteiger charge is 2.14. The Hall–Kier alpha value is -2.69.